The number of phenols is 1. The molecule has 19 heavy (non-hydrogen) atoms. The standard InChI is InChI=1S/C14H17NO.2ClH.Zr/c1-9-3-2-4-12(14(9)16)8-15-13-10-5-6-11(13)7-10;;;/h2-4,8,10-11,13,16H,5-7H2,1H3;2*1H;/q;;;+2/p-2. The average Bonchev–Trinajstić information content (AvgIpc) is 2.98. The first-order valence-electron chi connectivity index (χ1n) is 6.45. The summed E-state index contributed by atoms with van der Waals surface area (Å²) in [4.78, 5) is 4.64. The molecule has 1 aromatic carbocycles. The maximum atomic E-state index is 9.86. The van der Waals surface area contributed by atoms with Crippen molar-refractivity contribution in [1.82, 2.24) is 0 Å². The molecule has 1 aromatic rings. The molecule has 2 unspecified atom stereocenters. The van der Waals surface area contributed by atoms with Crippen LogP contribution in [0.1, 0.15) is 30.4 Å². The molecule has 0 aliphatic heterocycles. The van der Waals surface area contributed by atoms with E-state index in [1.165, 1.54) is 19.3 Å². The third kappa shape index (κ3) is 3.62. The number of halogens is 2. The fourth-order valence-electron chi connectivity index (χ4n) is 3.06. The van der Waals surface area contributed by atoms with E-state index in [-0.39, 0.29) is 0 Å². The number of aliphatic imine (C=N–C) groups is 1. The van der Waals surface area contributed by atoms with Crippen molar-refractivity contribution in [2.24, 2.45) is 16.8 Å². The second-order valence-electron chi connectivity index (χ2n) is 5.19. The zero-order chi connectivity index (χ0) is 13.8. The van der Waals surface area contributed by atoms with Gasteiger partial charge in [-0.05, 0) is 49.7 Å². The van der Waals surface area contributed by atoms with Gasteiger partial charge >= 0.3 is 37.9 Å². The molecule has 102 valence electrons. The number of rotatable bonds is 2. The number of benzene rings is 1. The van der Waals surface area contributed by atoms with E-state index in [1.807, 2.05) is 31.3 Å². The van der Waals surface area contributed by atoms with E-state index in [9.17, 15) is 5.11 Å². The van der Waals surface area contributed by atoms with Crippen molar-refractivity contribution in [3.63, 3.8) is 0 Å². The molecule has 3 fully saturated rings. The van der Waals surface area contributed by atoms with E-state index in [4.69, 9.17) is 17.0 Å². The number of hydrogen-bond donors (Lipinski definition) is 1. The quantitative estimate of drug-likeness (QED) is 0.766. The van der Waals surface area contributed by atoms with Gasteiger partial charge in [-0.25, -0.2) is 0 Å². The Balaban J connectivity index is 0.000000408. The van der Waals surface area contributed by atoms with Crippen molar-refractivity contribution in [3.8, 4) is 5.75 Å². The number of aryl methyl sites for hydroxylation is 1. The molecule has 2 atom stereocenters. The molecule has 2 nitrogen and oxygen atoms in total. The van der Waals surface area contributed by atoms with E-state index < -0.39 is 20.8 Å². The van der Waals surface area contributed by atoms with Gasteiger partial charge in [0.2, 0.25) is 0 Å². The van der Waals surface area contributed by atoms with Crippen LogP contribution in [0.15, 0.2) is 23.2 Å². The van der Waals surface area contributed by atoms with Gasteiger partial charge in [-0.2, -0.15) is 0 Å². The summed E-state index contributed by atoms with van der Waals surface area (Å²) in [6.07, 6.45) is 5.94. The molecular formula is C14H17Cl2NOZr. The molecule has 5 heteroatoms. The summed E-state index contributed by atoms with van der Waals surface area (Å²) in [5.41, 5.74) is 1.77. The molecule has 2 bridgehead atoms. The monoisotopic (exact) mass is 375 g/mol. The molecule has 3 aliphatic carbocycles. The van der Waals surface area contributed by atoms with E-state index in [2.05, 4.69) is 4.99 Å². The molecule has 0 saturated heterocycles. The van der Waals surface area contributed by atoms with Crippen LogP contribution in [0.2, 0.25) is 0 Å². The minimum atomic E-state index is -0.826. The fourth-order valence-corrected chi connectivity index (χ4v) is 3.06. The summed E-state index contributed by atoms with van der Waals surface area (Å²) in [6, 6.07) is 6.35. The molecule has 4 rings (SSSR count). The topological polar surface area (TPSA) is 32.6 Å². The number of phenolic OH excluding ortho intramolecular Hbond substituents is 1. The first kappa shape index (κ1) is 15.5. The van der Waals surface area contributed by atoms with Crippen LogP contribution in [-0.2, 0) is 20.8 Å². The van der Waals surface area contributed by atoms with Crippen LogP contribution < -0.4 is 0 Å². The Labute approximate surface area is 132 Å². The van der Waals surface area contributed by atoms with Crippen LogP contribution >= 0.6 is 17.0 Å². The van der Waals surface area contributed by atoms with Crippen molar-refractivity contribution >= 4 is 23.2 Å². The predicted molar refractivity (Wildman–Crippen MR) is 76.8 cm³/mol. The van der Waals surface area contributed by atoms with Gasteiger partial charge in [0.05, 0.1) is 6.04 Å². The average molecular weight is 377 g/mol. The predicted octanol–water partition coefficient (Wildman–Crippen LogP) is 4.29. The Morgan fingerprint density at radius 1 is 1.32 bits per heavy atom. The van der Waals surface area contributed by atoms with Crippen molar-refractivity contribution in [2.45, 2.75) is 32.2 Å². The van der Waals surface area contributed by atoms with Crippen molar-refractivity contribution < 1.29 is 26.0 Å². The van der Waals surface area contributed by atoms with Crippen LogP contribution in [-0.4, -0.2) is 17.4 Å². The molecule has 1 N–H and O–H groups in total. The van der Waals surface area contributed by atoms with Gasteiger partial charge in [0, 0.05) is 11.8 Å². The van der Waals surface area contributed by atoms with E-state index in [0.717, 1.165) is 23.0 Å². The van der Waals surface area contributed by atoms with Crippen molar-refractivity contribution in [1.29, 1.82) is 0 Å². The zero-order valence-electron chi connectivity index (χ0n) is 10.8. The number of nitrogens with zero attached hydrogens (tertiary/aromatic N) is 1. The Bertz CT molecular complexity index is 453. The summed E-state index contributed by atoms with van der Waals surface area (Å²) < 4.78 is 0. The third-order valence-electron chi connectivity index (χ3n) is 4.13. The van der Waals surface area contributed by atoms with Gasteiger partial charge in [0.15, 0.2) is 0 Å². The van der Waals surface area contributed by atoms with Gasteiger partial charge in [-0.15, -0.1) is 0 Å². The summed E-state index contributed by atoms with van der Waals surface area (Å²) >= 11 is -0.826. The summed E-state index contributed by atoms with van der Waals surface area (Å²) in [5.74, 6) is 2.03. The van der Waals surface area contributed by atoms with Crippen molar-refractivity contribution in [2.75, 3.05) is 0 Å². The SMILES string of the molecule is Cc1cccc(C=NC2C3CCC2C3)c1O.[Cl][Zr][Cl]. The molecule has 0 radical (unpaired) electrons. The van der Waals surface area contributed by atoms with Gasteiger partial charge < -0.3 is 5.11 Å². The van der Waals surface area contributed by atoms with E-state index >= 15 is 0 Å². The van der Waals surface area contributed by atoms with E-state index in [0.29, 0.717) is 11.8 Å². The molecule has 0 amide bonds. The maximum absolute atomic E-state index is 9.86. The summed E-state index contributed by atoms with van der Waals surface area (Å²) in [7, 11) is 9.87. The Morgan fingerprint density at radius 3 is 2.53 bits per heavy atom. The molecule has 3 saturated carbocycles. The van der Waals surface area contributed by atoms with Gasteiger partial charge in [0.1, 0.15) is 5.75 Å². The zero-order valence-corrected chi connectivity index (χ0v) is 14.8. The number of fused-ring (bicyclic) bond motifs is 1. The molecule has 0 aromatic heterocycles. The molecule has 0 spiro atoms. The molecular weight excluding hydrogens is 360 g/mol. The number of aromatic hydroxyl groups is 1. The van der Waals surface area contributed by atoms with Gasteiger partial charge in [-0.3, -0.25) is 4.99 Å². The summed E-state index contributed by atoms with van der Waals surface area (Å²) in [5, 5.41) is 9.86. The second kappa shape index (κ2) is 7.24. The second-order valence-corrected chi connectivity index (χ2v) is 8.92. The van der Waals surface area contributed by atoms with Crippen molar-refractivity contribution in [3.05, 3.63) is 29.3 Å². The first-order chi connectivity index (χ1) is 9.17. The van der Waals surface area contributed by atoms with E-state index in [1.54, 1.807) is 0 Å². The fraction of sp³-hybridized carbons (Fsp3) is 0.500. The number of para-hydroxylation sites is 1. The number of hydrogen-bond acceptors (Lipinski definition) is 2. The van der Waals surface area contributed by atoms with Crippen LogP contribution in [0.3, 0.4) is 0 Å². The summed E-state index contributed by atoms with van der Waals surface area (Å²) in [6.45, 7) is 1.92. The van der Waals surface area contributed by atoms with Crippen LogP contribution in [0.4, 0.5) is 0 Å². The Morgan fingerprint density at radius 2 is 1.95 bits per heavy atom. The van der Waals surface area contributed by atoms with Crippen LogP contribution in [0.25, 0.3) is 0 Å². The third-order valence-corrected chi connectivity index (χ3v) is 4.13. The Kier molecular flexibility index (Phi) is 5.93. The van der Waals surface area contributed by atoms with Gasteiger partial charge in [0.25, 0.3) is 0 Å². The first-order valence-corrected chi connectivity index (χ1v) is 12.8. The Hall–Kier alpha value is 0.153. The minimum absolute atomic E-state index is 0.373. The molecule has 0 heterocycles. The normalized spacial score (nSPS) is 27.6. The van der Waals surface area contributed by atoms with Crippen LogP contribution in [0, 0.1) is 18.8 Å². The molecule has 3 aliphatic rings. The van der Waals surface area contributed by atoms with Crippen LogP contribution in [0.5, 0.6) is 5.75 Å². The van der Waals surface area contributed by atoms with Gasteiger partial charge in [-0.1, -0.05) is 12.1 Å².